The highest BCUT2D eigenvalue weighted by molar-refractivity contribution is 7.99. The van der Waals surface area contributed by atoms with Crippen molar-refractivity contribution in [2.24, 2.45) is 0 Å². The molecule has 1 spiro atoms. The molecule has 3 heterocycles. The molecular formula is C12H16N2S. The molecule has 0 aromatic carbocycles. The molecule has 0 bridgehead atoms. The summed E-state index contributed by atoms with van der Waals surface area (Å²) in [4.78, 5) is 8.20. The molecule has 80 valence electrons. The molecule has 0 unspecified atom stereocenters. The molecule has 2 aliphatic heterocycles. The molecule has 0 saturated carbocycles. The first-order valence-corrected chi connectivity index (χ1v) is 6.55. The predicted molar refractivity (Wildman–Crippen MR) is 63.4 cm³/mol. The van der Waals surface area contributed by atoms with Crippen molar-refractivity contribution in [1.29, 1.82) is 0 Å². The third kappa shape index (κ3) is 1.49. The van der Waals surface area contributed by atoms with Gasteiger partial charge in [-0.25, -0.2) is 0 Å². The zero-order valence-corrected chi connectivity index (χ0v) is 9.89. The van der Waals surface area contributed by atoms with Crippen LogP contribution in [0.1, 0.15) is 18.4 Å². The van der Waals surface area contributed by atoms with E-state index in [1.54, 1.807) is 0 Å². The van der Waals surface area contributed by atoms with Crippen LogP contribution in [0.15, 0.2) is 23.4 Å². The van der Waals surface area contributed by atoms with Crippen LogP contribution in [0, 0.1) is 0 Å². The van der Waals surface area contributed by atoms with Gasteiger partial charge >= 0.3 is 0 Å². The summed E-state index contributed by atoms with van der Waals surface area (Å²) in [6, 6.07) is 2.17. The molecule has 0 aliphatic carbocycles. The summed E-state index contributed by atoms with van der Waals surface area (Å²) in [5.41, 5.74) is 1.96. The molecule has 15 heavy (non-hydrogen) atoms. The van der Waals surface area contributed by atoms with Crippen LogP contribution < -0.4 is 0 Å². The maximum Gasteiger partial charge on any atom is 0.0317 e. The second-order valence-electron chi connectivity index (χ2n) is 4.74. The minimum atomic E-state index is 0.445. The van der Waals surface area contributed by atoms with Crippen LogP contribution in [0.2, 0.25) is 0 Å². The Morgan fingerprint density at radius 3 is 3.00 bits per heavy atom. The monoisotopic (exact) mass is 220 g/mol. The standard InChI is InChI=1S/C12H16N2S/c1-14-6-3-12(4-7-14)9-15-11-2-5-13-8-10(11)12/h2,5,8H,3-4,6-7,9H2,1H3. The predicted octanol–water partition coefficient (Wildman–Crippen LogP) is 2.15. The van der Waals surface area contributed by atoms with Crippen LogP contribution in [0.4, 0.5) is 0 Å². The number of hydrogen-bond acceptors (Lipinski definition) is 3. The lowest BCUT2D eigenvalue weighted by molar-refractivity contribution is 0.203. The summed E-state index contributed by atoms with van der Waals surface area (Å²) < 4.78 is 0. The number of pyridine rings is 1. The molecule has 2 nitrogen and oxygen atoms in total. The Balaban J connectivity index is 1.95. The lowest BCUT2D eigenvalue weighted by Gasteiger charge is -2.37. The molecule has 1 saturated heterocycles. The Hall–Kier alpha value is -0.540. The average molecular weight is 220 g/mol. The first-order chi connectivity index (χ1) is 7.30. The lowest BCUT2D eigenvalue weighted by Crippen LogP contribution is -2.41. The van der Waals surface area contributed by atoms with Crippen molar-refractivity contribution in [3.63, 3.8) is 0 Å². The summed E-state index contributed by atoms with van der Waals surface area (Å²) in [6.07, 6.45) is 6.62. The van der Waals surface area contributed by atoms with Crippen LogP contribution in [0.5, 0.6) is 0 Å². The van der Waals surface area contributed by atoms with Gasteiger partial charge in [-0.15, -0.1) is 11.8 Å². The molecule has 2 aliphatic rings. The van der Waals surface area contributed by atoms with Gasteiger partial charge in [0, 0.05) is 28.5 Å². The largest absolute Gasteiger partial charge is 0.306 e. The second-order valence-corrected chi connectivity index (χ2v) is 5.76. The Morgan fingerprint density at radius 1 is 1.40 bits per heavy atom. The van der Waals surface area contributed by atoms with E-state index >= 15 is 0 Å². The van der Waals surface area contributed by atoms with E-state index < -0.39 is 0 Å². The van der Waals surface area contributed by atoms with Crippen molar-refractivity contribution in [3.8, 4) is 0 Å². The van der Waals surface area contributed by atoms with E-state index in [2.05, 4.69) is 29.2 Å². The molecule has 0 atom stereocenters. The number of likely N-dealkylation sites (tertiary alicyclic amines) is 1. The first kappa shape index (κ1) is 9.67. The van der Waals surface area contributed by atoms with Gasteiger partial charge in [-0.2, -0.15) is 0 Å². The van der Waals surface area contributed by atoms with E-state index in [1.807, 2.05) is 18.0 Å². The highest BCUT2D eigenvalue weighted by Gasteiger charge is 2.41. The smallest absolute Gasteiger partial charge is 0.0317 e. The maximum absolute atomic E-state index is 4.30. The molecular weight excluding hydrogens is 204 g/mol. The maximum atomic E-state index is 4.30. The van der Waals surface area contributed by atoms with Crippen LogP contribution in [0.25, 0.3) is 0 Å². The number of fused-ring (bicyclic) bond motifs is 2. The molecule has 0 N–H and O–H groups in total. The topological polar surface area (TPSA) is 16.1 Å². The highest BCUT2D eigenvalue weighted by atomic mass is 32.2. The summed E-state index contributed by atoms with van der Waals surface area (Å²) in [7, 11) is 2.22. The van der Waals surface area contributed by atoms with Gasteiger partial charge in [-0.1, -0.05) is 0 Å². The highest BCUT2D eigenvalue weighted by Crippen LogP contribution is 2.48. The number of nitrogens with zero attached hydrogens (tertiary/aromatic N) is 2. The average Bonchev–Trinajstić information content (AvgIpc) is 2.63. The van der Waals surface area contributed by atoms with E-state index in [0.717, 1.165) is 0 Å². The quantitative estimate of drug-likeness (QED) is 0.666. The number of rotatable bonds is 0. The molecule has 1 aromatic rings. The summed E-state index contributed by atoms with van der Waals surface area (Å²) in [5, 5.41) is 0. The van der Waals surface area contributed by atoms with Gasteiger partial charge in [-0.05, 0) is 44.6 Å². The lowest BCUT2D eigenvalue weighted by atomic mass is 9.75. The van der Waals surface area contributed by atoms with Crippen LogP contribution in [-0.2, 0) is 5.41 Å². The van der Waals surface area contributed by atoms with Gasteiger partial charge in [0.15, 0.2) is 0 Å². The van der Waals surface area contributed by atoms with Crippen LogP contribution in [-0.4, -0.2) is 35.8 Å². The van der Waals surface area contributed by atoms with Gasteiger partial charge < -0.3 is 4.90 Å². The second kappa shape index (κ2) is 3.49. The third-order valence-electron chi connectivity index (χ3n) is 3.80. The van der Waals surface area contributed by atoms with Crippen molar-refractivity contribution >= 4 is 11.8 Å². The van der Waals surface area contributed by atoms with Crippen molar-refractivity contribution in [2.45, 2.75) is 23.2 Å². The normalized spacial score (nSPS) is 24.3. The van der Waals surface area contributed by atoms with E-state index in [0.29, 0.717) is 5.41 Å². The minimum Gasteiger partial charge on any atom is -0.306 e. The fraction of sp³-hybridized carbons (Fsp3) is 0.583. The van der Waals surface area contributed by atoms with E-state index in [-0.39, 0.29) is 0 Å². The summed E-state index contributed by atoms with van der Waals surface area (Å²) >= 11 is 2.02. The van der Waals surface area contributed by atoms with E-state index in [9.17, 15) is 0 Å². The Labute approximate surface area is 95.1 Å². The number of hydrogen-bond donors (Lipinski definition) is 0. The Bertz CT molecular complexity index is 370. The fourth-order valence-electron chi connectivity index (χ4n) is 2.66. The molecule has 1 fully saturated rings. The van der Waals surface area contributed by atoms with E-state index in [1.165, 1.54) is 42.1 Å². The van der Waals surface area contributed by atoms with Crippen molar-refractivity contribution in [1.82, 2.24) is 9.88 Å². The minimum absolute atomic E-state index is 0.445. The van der Waals surface area contributed by atoms with Crippen LogP contribution >= 0.6 is 11.8 Å². The molecule has 3 rings (SSSR count). The fourth-order valence-corrected chi connectivity index (χ4v) is 4.12. The molecule has 0 amide bonds. The van der Waals surface area contributed by atoms with Gasteiger partial charge in [0.2, 0.25) is 0 Å². The van der Waals surface area contributed by atoms with Crippen LogP contribution in [0.3, 0.4) is 0 Å². The Kier molecular flexibility index (Phi) is 2.25. The van der Waals surface area contributed by atoms with Crippen molar-refractivity contribution in [3.05, 3.63) is 24.0 Å². The molecule has 0 radical (unpaired) electrons. The van der Waals surface area contributed by atoms with Gasteiger partial charge in [0.05, 0.1) is 0 Å². The SMILES string of the molecule is CN1CCC2(CC1)CSc1ccncc12. The molecule has 3 heteroatoms. The van der Waals surface area contributed by atoms with Crippen molar-refractivity contribution < 1.29 is 0 Å². The summed E-state index contributed by atoms with van der Waals surface area (Å²) in [5.74, 6) is 1.27. The van der Waals surface area contributed by atoms with Gasteiger partial charge in [0.25, 0.3) is 0 Å². The third-order valence-corrected chi connectivity index (χ3v) is 5.16. The molecule has 1 aromatic heterocycles. The van der Waals surface area contributed by atoms with E-state index in [4.69, 9.17) is 0 Å². The number of thioether (sulfide) groups is 1. The van der Waals surface area contributed by atoms with Gasteiger partial charge in [0.1, 0.15) is 0 Å². The van der Waals surface area contributed by atoms with Crippen molar-refractivity contribution in [2.75, 3.05) is 25.9 Å². The Morgan fingerprint density at radius 2 is 2.20 bits per heavy atom. The summed E-state index contributed by atoms with van der Waals surface area (Å²) in [6.45, 7) is 2.46. The zero-order chi connectivity index (χ0) is 10.3. The van der Waals surface area contributed by atoms with Gasteiger partial charge in [-0.3, -0.25) is 4.98 Å². The number of piperidine rings is 1. The zero-order valence-electron chi connectivity index (χ0n) is 9.07. The first-order valence-electron chi connectivity index (χ1n) is 5.56. The number of aromatic nitrogens is 1.